The number of rotatable bonds is 7. The van der Waals surface area contributed by atoms with Crippen molar-refractivity contribution >= 4 is 10.9 Å². The first-order chi connectivity index (χ1) is 18.8. The molecule has 0 spiro atoms. The number of aromatic amines is 1. The average Bonchev–Trinajstić information content (AvgIpc) is 3.52. The van der Waals surface area contributed by atoms with E-state index >= 15 is 0 Å². The zero-order valence-electron chi connectivity index (χ0n) is 21.7. The predicted molar refractivity (Wildman–Crippen MR) is 140 cm³/mol. The van der Waals surface area contributed by atoms with Gasteiger partial charge in [0.25, 0.3) is 0 Å². The van der Waals surface area contributed by atoms with E-state index in [4.69, 9.17) is 4.74 Å². The van der Waals surface area contributed by atoms with E-state index in [9.17, 15) is 13.2 Å². The first kappa shape index (κ1) is 25.7. The topological polar surface area (TPSA) is 84.7 Å². The number of hydrogen-bond donors (Lipinski definition) is 1. The van der Waals surface area contributed by atoms with Crippen LogP contribution in [-0.2, 0) is 29.8 Å². The lowest BCUT2D eigenvalue weighted by Crippen LogP contribution is -2.49. The number of aromatic nitrogens is 6. The minimum atomic E-state index is -4.60. The lowest BCUT2D eigenvalue weighted by atomic mass is 9.75. The van der Waals surface area contributed by atoms with Crippen LogP contribution in [0, 0.1) is 0 Å². The van der Waals surface area contributed by atoms with Crippen molar-refractivity contribution in [1.82, 2.24) is 34.8 Å². The molecule has 11 heteroatoms. The summed E-state index contributed by atoms with van der Waals surface area (Å²) in [7, 11) is 1.90. The monoisotopic (exact) mass is 537 g/mol. The van der Waals surface area contributed by atoms with Crippen molar-refractivity contribution < 1.29 is 17.9 Å². The molecule has 204 valence electrons. The van der Waals surface area contributed by atoms with Gasteiger partial charge in [-0.25, -0.2) is 4.98 Å². The van der Waals surface area contributed by atoms with Crippen molar-refractivity contribution in [3.63, 3.8) is 0 Å². The summed E-state index contributed by atoms with van der Waals surface area (Å²) >= 11 is 0. The maximum atomic E-state index is 14.1. The average molecular weight is 538 g/mol. The lowest BCUT2D eigenvalue weighted by molar-refractivity contribution is -0.141. The van der Waals surface area contributed by atoms with Gasteiger partial charge in [-0.1, -0.05) is 30.7 Å². The number of nitrogens with one attached hydrogen (secondary N) is 1. The molecule has 1 atom stereocenters. The van der Waals surface area contributed by atoms with E-state index in [0.29, 0.717) is 41.9 Å². The van der Waals surface area contributed by atoms with E-state index in [2.05, 4.69) is 36.9 Å². The molecule has 1 N–H and O–H groups in total. The molecule has 8 nitrogen and oxygen atoms in total. The predicted octanol–water partition coefficient (Wildman–Crippen LogP) is 5.00. The van der Waals surface area contributed by atoms with Crippen LogP contribution in [0.25, 0.3) is 22.2 Å². The summed E-state index contributed by atoms with van der Waals surface area (Å²) < 4.78 is 49.7. The van der Waals surface area contributed by atoms with Gasteiger partial charge in [-0.2, -0.15) is 18.3 Å². The molecule has 5 heterocycles. The van der Waals surface area contributed by atoms with Crippen LogP contribution in [0.5, 0.6) is 0 Å². The summed E-state index contributed by atoms with van der Waals surface area (Å²) in [5.41, 5.74) is 1.77. The highest BCUT2D eigenvalue weighted by Crippen LogP contribution is 2.40. The maximum Gasteiger partial charge on any atom is 0.433 e. The Morgan fingerprint density at radius 3 is 2.62 bits per heavy atom. The second-order valence-corrected chi connectivity index (χ2v) is 10.6. The number of nitrogens with zero attached hydrogens (tertiary/aromatic N) is 6. The standard InChI is InChI=1S/C28H30F3N7O/c1-3-21(38-10-5-4-6-11-38)26-25-20(13-22(33-26)28(29,30)31)24(35-36-25)18-8-7-9-19(12-18)27(15-39-16-27)14-23-34-32-17-37(23)2/h3,7-9,12-13,17,21H,1,4-6,10-11,14-16H2,2H3,(H,35,36)/t21-/m1/s1. The normalized spacial score (nSPS) is 18.7. The van der Waals surface area contributed by atoms with Gasteiger partial charge in [0.2, 0.25) is 0 Å². The molecule has 0 unspecified atom stereocenters. The van der Waals surface area contributed by atoms with Crippen molar-refractivity contribution in [1.29, 1.82) is 0 Å². The van der Waals surface area contributed by atoms with E-state index in [0.717, 1.165) is 55.4 Å². The van der Waals surface area contributed by atoms with E-state index < -0.39 is 17.9 Å². The molecule has 0 saturated carbocycles. The molecular formula is C28H30F3N7O. The molecule has 1 aromatic carbocycles. The van der Waals surface area contributed by atoms with Crippen molar-refractivity contribution in [3.05, 3.63) is 72.1 Å². The molecule has 0 amide bonds. The highest BCUT2D eigenvalue weighted by molar-refractivity contribution is 5.94. The van der Waals surface area contributed by atoms with Gasteiger partial charge < -0.3 is 9.30 Å². The van der Waals surface area contributed by atoms with Gasteiger partial charge in [0.1, 0.15) is 23.5 Å². The van der Waals surface area contributed by atoms with Crippen LogP contribution in [0.15, 0.2) is 49.3 Å². The van der Waals surface area contributed by atoms with Crippen LogP contribution in [0.1, 0.15) is 48.1 Å². The molecular weight excluding hydrogens is 507 g/mol. The SMILES string of the molecule is C=C[C@H](c1nc(C(F)(F)F)cc2c(-c3cccc(C4(Cc5nncn5C)COC4)c3)n[nH]c12)N1CCCCC1. The van der Waals surface area contributed by atoms with Crippen molar-refractivity contribution in [2.24, 2.45) is 7.05 Å². The van der Waals surface area contributed by atoms with Gasteiger partial charge >= 0.3 is 6.18 Å². The summed E-state index contributed by atoms with van der Waals surface area (Å²) in [5.74, 6) is 0.840. The molecule has 2 saturated heterocycles. The quantitative estimate of drug-likeness (QED) is 0.334. The number of alkyl halides is 3. The number of ether oxygens (including phenoxy) is 1. The van der Waals surface area contributed by atoms with Crippen LogP contribution in [-0.4, -0.2) is 61.1 Å². The summed E-state index contributed by atoms with van der Waals surface area (Å²) in [4.78, 5) is 6.26. The van der Waals surface area contributed by atoms with Gasteiger partial charge in [0.05, 0.1) is 30.5 Å². The molecule has 0 radical (unpaired) electrons. The Morgan fingerprint density at radius 1 is 1.18 bits per heavy atom. The zero-order valence-corrected chi connectivity index (χ0v) is 21.7. The van der Waals surface area contributed by atoms with Gasteiger partial charge in [0, 0.05) is 29.8 Å². The largest absolute Gasteiger partial charge is 0.433 e. The molecule has 3 aromatic heterocycles. The summed E-state index contributed by atoms with van der Waals surface area (Å²) in [6, 6.07) is 8.46. The summed E-state index contributed by atoms with van der Waals surface area (Å²) in [5, 5.41) is 16.2. The third-order valence-corrected chi connectivity index (χ3v) is 7.97. The number of aryl methyl sites for hydroxylation is 1. The first-order valence-corrected chi connectivity index (χ1v) is 13.1. The Bertz CT molecular complexity index is 1500. The Kier molecular flexibility index (Phi) is 6.50. The van der Waals surface area contributed by atoms with Crippen LogP contribution in [0.3, 0.4) is 0 Å². The molecule has 2 aliphatic heterocycles. The summed E-state index contributed by atoms with van der Waals surface area (Å²) in [6.45, 7) is 6.56. The number of fused-ring (bicyclic) bond motifs is 1. The van der Waals surface area contributed by atoms with Gasteiger partial charge in [-0.05, 0) is 43.6 Å². The fourth-order valence-electron chi connectivity index (χ4n) is 5.74. The third-order valence-electron chi connectivity index (χ3n) is 7.97. The van der Waals surface area contributed by atoms with Crippen molar-refractivity contribution in [3.8, 4) is 11.3 Å². The van der Waals surface area contributed by atoms with Crippen LogP contribution >= 0.6 is 0 Å². The highest BCUT2D eigenvalue weighted by atomic mass is 19.4. The van der Waals surface area contributed by atoms with Crippen molar-refractivity contribution in [2.75, 3.05) is 26.3 Å². The lowest BCUT2D eigenvalue weighted by Gasteiger charge is -2.41. The van der Waals surface area contributed by atoms with E-state index in [-0.39, 0.29) is 5.41 Å². The Morgan fingerprint density at radius 2 is 1.97 bits per heavy atom. The number of H-pyrrole nitrogens is 1. The van der Waals surface area contributed by atoms with Gasteiger partial charge in [0.15, 0.2) is 0 Å². The Balaban J connectivity index is 1.45. The number of hydrogen-bond acceptors (Lipinski definition) is 6. The molecule has 0 bridgehead atoms. The van der Waals surface area contributed by atoms with E-state index in [1.165, 1.54) is 0 Å². The van der Waals surface area contributed by atoms with E-state index in [1.807, 2.05) is 35.9 Å². The minimum absolute atomic E-state index is 0.297. The van der Waals surface area contributed by atoms with Crippen molar-refractivity contribution in [2.45, 2.75) is 43.3 Å². The molecule has 4 aromatic rings. The number of benzene rings is 1. The number of piperidine rings is 1. The molecule has 39 heavy (non-hydrogen) atoms. The number of likely N-dealkylation sites (tertiary alicyclic amines) is 1. The fourth-order valence-corrected chi connectivity index (χ4v) is 5.74. The number of pyridine rings is 1. The zero-order chi connectivity index (χ0) is 27.2. The molecule has 2 aliphatic rings. The maximum absolute atomic E-state index is 14.1. The van der Waals surface area contributed by atoms with Crippen LogP contribution < -0.4 is 0 Å². The molecule has 2 fully saturated rings. The summed E-state index contributed by atoms with van der Waals surface area (Å²) in [6.07, 6.45) is 2.48. The third kappa shape index (κ3) is 4.63. The second kappa shape index (κ2) is 9.87. The fraction of sp³-hybridized carbons (Fsp3) is 0.429. The van der Waals surface area contributed by atoms with Gasteiger partial charge in [-0.3, -0.25) is 10.00 Å². The van der Waals surface area contributed by atoms with Crippen LogP contribution in [0.2, 0.25) is 0 Å². The Labute approximate surface area is 223 Å². The highest BCUT2D eigenvalue weighted by Gasteiger charge is 2.42. The number of halogens is 3. The molecule has 0 aliphatic carbocycles. The van der Waals surface area contributed by atoms with E-state index in [1.54, 1.807) is 12.4 Å². The Hall–Kier alpha value is -3.57. The smallest absolute Gasteiger partial charge is 0.379 e. The second-order valence-electron chi connectivity index (χ2n) is 10.6. The minimum Gasteiger partial charge on any atom is -0.379 e. The van der Waals surface area contributed by atoms with Gasteiger partial charge in [-0.15, -0.1) is 16.8 Å². The van der Waals surface area contributed by atoms with Crippen LogP contribution in [0.4, 0.5) is 13.2 Å². The molecule has 6 rings (SSSR count). The first-order valence-electron chi connectivity index (χ1n) is 13.1.